The minimum absolute atomic E-state index is 0.0317. The average molecular weight is 590 g/mol. The first-order valence-electron chi connectivity index (χ1n) is 14.7. The second-order valence-corrected chi connectivity index (χ2v) is 11.2. The van der Waals surface area contributed by atoms with Gasteiger partial charge >= 0.3 is 0 Å². The van der Waals surface area contributed by atoms with Crippen LogP contribution in [0.4, 0.5) is 0 Å². The van der Waals surface area contributed by atoms with E-state index >= 15 is 0 Å². The summed E-state index contributed by atoms with van der Waals surface area (Å²) in [5.41, 5.74) is 2.23. The number of piperidine rings is 1. The van der Waals surface area contributed by atoms with E-state index in [0.29, 0.717) is 42.4 Å². The first-order valence-corrected chi connectivity index (χ1v) is 15.6. The summed E-state index contributed by atoms with van der Waals surface area (Å²) in [4.78, 5) is 17.4. The van der Waals surface area contributed by atoms with E-state index in [1.54, 1.807) is 11.3 Å². The van der Waals surface area contributed by atoms with Gasteiger partial charge in [-0.2, -0.15) is 0 Å². The van der Waals surface area contributed by atoms with Crippen LogP contribution in [0.1, 0.15) is 49.0 Å². The highest BCUT2D eigenvalue weighted by Gasteiger charge is 2.22. The fourth-order valence-corrected chi connectivity index (χ4v) is 6.24. The average Bonchev–Trinajstić information content (AvgIpc) is 3.41. The number of likely N-dealkylation sites (tertiary alicyclic amines) is 1. The third-order valence-electron chi connectivity index (χ3n) is 7.27. The van der Waals surface area contributed by atoms with Gasteiger partial charge < -0.3 is 23.7 Å². The molecular formula is C34H39NO6S. The van der Waals surface area contributed by atoms with Gasteiger partial charge in [-0.1, -0.05) is 6.42 Å². The predicted octanol–water partition coefficient (Wildman–Crippen LogP) is 7.41. The number of benzene rings is 3. The van der Waals surface area contributed by atoms with Gasteiger partial charge in [0, 0.05) is 45.8 Å². The summed E-state index contributed by atoms with van der Waals surface area (Å²) in [5.74, 6) is 2.16. The molecule has 5 rings (SSSR count). The van der Waals surface area contributed by atoms with Crippen LogP contribution in [0.2, 0.25) is 0 Å². The molecule has 2 heterocycles. The van der Waals surface area contributed by atoms with Gasteiger partial charge in [-0.05, 0) is 112 Å². The molecule has 7 nitrogen and oxygen atoms in total. The monoisotopic (exact) mass is 589 g/mol. The summed E-state index contributed by atoms with van der Waals surface area (Å²) in [5, 5.41) is 0.891. The van der Waals surface area contributed by atoms with Gasteiger partial charge in [0.05, 0.1) is 0 Å². The zero-order valence-corrected chi connectivity index (χ0v) is 25.3. The predicted molar refractivity (Wildman–Crippen MR) is 167 cm³/mol. The molecule has 3 aromatic carbocycles. The highest BCUT2D eigenvalue weighted by molar-refractivity contribution is 7.22. The Morgan fingerprint density at radius 2 is 1.38 bits per heavy atom. The first-order chi connectivity index (χ1) is 20.7. The Kier molecular flexibility index (Phi) is 10.8. The number of ether oxygens (including phenoxy) is 5. The number of carbonyl (C=O) groups excluding carboxylic acids is 1. The first kappa shape index (κ1) is 30.0. The summed E-state index contributed by atoms with van der Waals surface area (Å²) in [6.45, 7) is 9.28. The third kappa shape index (κ3) is 7.69. The molecule has 1 saturated heterocycles. The Bertz CT molecular complexity index is 1430. The van der Waals surface area contributed by atoms with Crippen molar-refractivity contribution >= 4 is 27.2 Å². The molecule has 0 spiro atoms. The maximum atomic E-state index is 14.1. The minimum atomic E-state index is -0.0317. The van der Waals surface area contributed by atoms with Crippen LogP contribution in [0, 0.1) is 0 Å². The molecule has 0 saturated carbocycles. The molecule has 0 atom stereocenters. The van der Waals surface area contributed by atoms with Crippen molar-refractivity contribution in [3.05, 3.63) is 77.9 Å². The standard InChI is InChI=1S/C34H39NO6S/c1-3-37-23-40-28-14-10-26(11-15-28)34-32(30-17-16-29(22-31(30)42-34)41-24-38-4-2)33(36)25-8-12-27(13-9-25)39-21-20-35-18-6-5-7-19-35/h8-17,22H,3-7,18-21,23-24H2,1-2H3. The fourth-order valence-electron chi connectivity index (χ4n) is 5.01. The van der Waals surface area contributed by atoms with Crippen molar-refractivity contribution in [2.45, 2.75) is 33.1 Å². The van der Waals surface area contributed by atoms with E-state index in [9.17, 15) is 4.79 Å². The quantitative estimate of drug-likeness (QED) is 0.0813. The van der Waals surface area contributed by atoms with Crippen molar-refractivity contribution in [1.82, 2.24) is 4.90 Å². The lowest BCUT2D eigenvalue weighted by atomic mass is 9.97. The van der Waals surface area contributed by atoms with E-state index in [1.165, 1.54) is 19.3 Å². The van der Waals surface area contributed by atoms with Crippen LogP contribution in [0.25, 0.3) is 20.5 Å². The van der Waals surface area contributed by atoms with E-state index in [2.05, 4.69) is 4.90 Å². The third-order valence-corrected chi connectivity index (χ3v) is 8.47. The van der Waals surface area contributed by atoms with Crippen LogP contribution in [0.3, 0.4) is 0 Å². The molecular weight excluding hydrogens is 550 g/mol. The van der Waals surface area contributed by atoms with E-state index in [1.807, 2.05) is 80.6 Å². The van der Waals surface area contributed by atoms with Crippen LogP contribution < -0.4 is 14.2 Å². The number of thiophene rings is 1. The molecule has 1 aliphatic rings. The van der Waals surface area contributed by atoms with Crippen LogP contribution in [-0.4, -0.2) is 63.7 Å². The van der Waals surface area contributed by atoms with Crippen LogP contribution in [0.15, 0.2) is 66.7 Å². The van der Waals surface area contributed by atoms with Crippen LogP contribution in [-0.2, 0) is 9.47 Å². The van der Waals surface area contributed by atoms with E-state index in [-0.39, 0.29) is 19.4 Å². The zero-order chi connectivity index (χ0) is 29.1. The molecule has 0 unspecified atom stereocenters. The van der Waals surface area contributed by atoms with Crippen molar-refractivity contribution in [3.8, 4) is 27.7 Å². The maximum Gasteiger partial charge on any atom is 0.195 e. The normalized spacial score (nSPS) is 13.8. The molecule has 1 aliphatic heterocycles. The molecule has 0 radical (unpaired) electrons. The summed E-state index contributed by atoms with van der Waals surface area (Å²) >= 11 is 1.57. The van der Waals surface area contributed by atoms with E-state index in [4.69, 9.17) is 23.7 Å². The van der Waals surface area contributed by atoms with Gasteiger partial charge in [-0.3, -0.25) is 9.69 Å². The van der Waals surface area contributed by atoms with Crippen molar-refractivity contribution in [1.29, 1.82) is 0 Å². The Morgan fingerprint density at radius 3 is 2.07 bits per heavy atom. The molecule has 42 heavy (non-hydrogen) atoms. The molecule has 0 amide bonds. The number of nitrogens with zero attached hydrogens (tertiary/aromatic N) is 1. The summed E-state index contributed by atoms with van der Waals surface area (Å²) in [6.07, 6.45) is 3.86. The lowest BCUT2D eigenvalue weighted by molar-refractivity contribution is 0.0222. The highest BCUT2D eigenvalue weighted by Crippen LogP contribution is 2.41. The van der Waals surface area contributed by atoms with Crippen molar-refractivity contribution in [2.75, 3.05) is 53.0 Å². The summed E-state index contributed by atoms with van der Waals surface area (Å²) < 4.78 is 29.0. The minimum Gasteiger partial charge on any atom is -0.492 e. The lowest BCUT2D eigenvalue weighted by Crippen LogP contribution is -2.33. The summed E-state index contributed by atoms with van der Waals surface area (Å²) in [7, 11) is 0. The largest absolute Gasteiger partial charge is 0.492 e. The molecule has 1 fully saturated rings. The molecule has 0 bridgehead atoms. The van der Waals surface area contributed by atoms with Crippen molar-refractivity contribution in [3.63, 3.8) is 0 Å². The SMILES string of the molecule is CCOCOc1ccc(-c2sc3cc(OCOCC)ccc3c2C(=O)c2ccc(OCCN3CCCCC3)cc2)cc1. The van der Waals surface area contributed by atoms with Crippen molar-refractivity contribution < 1.29 is 28.5 Å². The van der Waals surface area contributed by atoms with E-state index < -0.39 is 0 Å². The number of ketones is 1. The molecule has 0 N–H and O–H groups in total. The number of hydrogen-bond acceptors (Lipinski definition) is 8. The van der Waals surface area contributed by atoms with Gasteiger partial charge in [0.25, 0.3) is 0 Å². The van der Waals surface area contributed by atoms with Crippen LogP contribution in [0.5, 0.6) is 17.2 Å². The van der Waals surface area contributed by atoms with Gasteiger partial charge in [0.1, 0.15) is 23.9 Å². The number of rotatable bonds is 15. The van der Waals surface area contributed by atoms with E-state index in [0.717, 1.165) is 45.9 Å². The van der Waals surface area contributed by atoms with Crippen LogP contribution >= 0.6 is 11.3 Å². The smallest absolute Gasteiger partial charge is 0.195 e. The zero-order valence-electron chi connectivity index (χ0n) is 24.4. The van der Waals surface area contributed by atoms with Crippen molar-refractivity contribution in [2.24, 2.45) is 0 Å². The van der Waals surface area contributed by atoms with Gasteiger partial charge in [0.2, 0.25) is 0 Å². The van der Waals surface area contributed by atoms with Gasteiger partial charge in [-0.25, -0.2) is 0 Å². The number of fused-ring (bicyclic) bond motifs is 1. The lowest BCUT2D eigenvalue weighted by Gasteiger charge is -2.26. The highest BCUT2D eigenvalue weighted by atomic mass is 32.1. The van der Waals surface area contributed by atoms with Gasteiger partial charge in [-0.15, -0.1) is 11.3 Å². The Balaban J connectivity index is 1.38. The molecule has 0 aliphatic carbocycles. The molecule has 1 aromatic heterocycles. The second kappa shape index (κ2) is 15.2. The summed E-state index contributed by atoms with van der Waals surface area (Å²) in [6, 6.07) is 21.1. The second-order valence-electron chi connectivity index (χ2n) is 10.1. The molecule has 8 heteroatoms. The Morgan fingerprint density at radius 1 is 0.762 bits per heavy atom. The Hall–Kier alpha value is -3.43. The fraction of sp³-hybridized carbons (Fsp3) is 0.382. The topological polar surface area (TPSA) is 66.5 Å². The maximum absolute atomic E-state index is 14.1. The van der Waals surface area contributed by atoms with Gasteiger partial charge in [0.15, 0.2) is 19.4 Å². The number of carbonyl (C=O) groups is 1. The Labute approximate surface area is 251 Å². The number of hydrogen-bond donors (Lipinski definition) is 0. The molecule has 4 aromatic rings. The molecule has 222 valence electrons.